The molecule has 0 saturated carbocycles. The number of non-ortho nitro benzene ring substituents is 1. The number of benzene rings is 2. The van der Waals surface area contributed by atoms with Crippen LogP contribution in [-0.2, 0) is 12.8 Å². The quantitative estimate of drug-likeness (QED) is 0.347. The van der Waals surface area contributed by atoms with Gasteiger partial charge in [0, 0.05) is 17.7 Å². The summed E-state index contributed by atoms with van der Waals surface area (Å²) >= 11 is 0. The predicted molar refractivity (Wildman–Crippen MR) is 106 cm³/mol. The van der Waals surface area contributed by atoms with Gasteiger partial charge in [0.1, 0.15) is 0 Å². The summed E-state index contributed by atoms with van der Waals surface area (Å²) in [6.07, 6.45) is 2.08. The highest BCUT2D eigenvalue weighted by Gasteiger charge is 2.13. The molecule has 0 fully saturated rings. The number of amides is 1. The first-order chi connectivity index (χ1) is 13.5. The minimum Gasteiger partial charge on any atom is -0.493 e. The van der Waals surface area contributed by atoms with Gasteiger partial charge in [0.25, 0.3) is 5.69 Å². The van der Waals surface area contributed by atoms with Crippen LogP contribution in [0.5, 0.6) is 11.5 Å². The lowest BCUT2D eigenvalue weighted by molar-refractivity contribution is -0.384. The van der Waals surface area contributed by atoms with Crippen LogP contribution < -0.4 is 20.5 Å². The van der Waals surface area contributed by atoms with E-state index in [4.69, 9.17) is 15.2 Å². The number of carbonyl (C=O) groups is 1. The molecule has 8 nitrogen and oxygen atoms in total. The first kappa shape index (κ1) is 21.2. The van der Waals surface area contributed by atoms with Crippen LogP contribution in [0.25, 0.3) is 0 Å². The average Bonchev–Trinajstić information content (AvgIpc) is 2.69. The Morgan fingerprint density at radius 2 is 1.82 bits per heavy atom. The summed E-state index contributed by atoms with van der Waals surface area (Å²) in [5.41, 5.74) is 7.37. The molecule has 0 bridgehead atoms. The van der Waals surface area contributed by atoms with Gasteiger partial charge in [-0.15, -0.1) is 0 Å². The van der Waals surface area contributed by atoms with Gasteiger partial charge in [-0.2, -0.15) is 0 Å². The van der Waals surface area contributed by atoms with Gasteiger partial charge in [0.05, 0.1) is 19.1 Å². The molecule has 0 atom stereocenters. The molecule has 0 spiro atoms. The molecule has 0 saturated heterocycles. The highest BCUT2D eigenvalue weighted by Crippen LogP contribution is 2.27. The van der Waals surface area contributed by atoms with E-state index in [-0.39, 0.29) is 5.69 Å². The number of nitrogens with two attached hydrogens (primary N) is 1. The van der Waals surface area contributed by atoms with Crippen molar-refractivity contribution in [3.8, 4) is 11.5 Å². The van der Waals surface area contributed by atoms with Crippen LogP contribution in [0.3, 0.4) is 0 Å². The molecule has 0 aromatic heterocycles. The van der Waals surface area contributed by atoms with Gasteiger partial charge >= 0.3 is 0 Å². The number of carbonyl (C=O) groups excluding carboxylic acids is 1. The summed E-state index contributed by atoms with van der Waals surface area (Å²) in [5, 5.41) is 14.3. The highest BCUT2D eigenvalue weighted by atomic mass is 16.6. The number of methoxy groups -OCH3 is 2. The van der Waals surface area contributed by atoms with Crippen LogP contribution in [0.4, 0.5) is 5.69 Å². The molecule has 8 heteroatoms. The molecular weight excluding hydrogens is 362 g/mol. The Morgan fingerprint density at radius 3 is 2.46 bits per heavy atom. The summed E-state index contributed by atoms with van der Waals surface area (Å²) in [4.78, 5) is 22.0. The van der Waals surface area contributed by atoms with Crippen molar-refractivity contribution >= 4 is 11.6 Å². The van der Waals surface area contributed by atoms with E-state index in [1.165, 1.54) is 18.2 Å². The summed E-state index contributed by atoms with van der Waals surface area (Å²) in [5.74, 6) is 0.817. The lowest BCUT2D eigenvalue weighted by Crippen LogP contribution is -2.20. The fourth-order valence-corrected chi connectivity index (χ4v) is 2.94. The number of ether oxygens (including phenoxy) is 2. The van der Waals surface area contributed by atoms with E-state index in [0.29, 0.717) is 35.6 Å². The smallest absolute Gasteiger partial charge is 0.269 e. The van der Waals surface area contributed by atoms with E-state index in [1.807, 2.05) is 18.2 Å². The lowest BCUT2D eigenvalue weighted by atomic mass is 10.0. The number of nitro benzene ring substituents is 1. The zero-order valence-corrected chi connectivity index (χ0v) is 16.1. The normalized spacial score (nSPS) is 10.5. The van der Waals surface area contributed by atoms with Crippen LogP contribution >= 0.6 is 0 Å². The Balaban J connectivity index is 1.82. The van der Waals surface area contributed by atoms with Crippen LogP contribution in [0.2, 0.25) is 0 Å². The summed E-state index contributed by atoms with van der Waals surface area (Å²) in [6.45, 7) is 1.49. The third-order valence-corrected chi connectivity index (χ3v) is 4.40. The van der Waals surface area contributed by atoms with E-state index < -0.39 is 10.8 Å². The van der Waals surface area contributed by atoms with E-state index in [9.17, 15) is 14.9 Å². The van der Waals surface area contributed by atoms with E-state index in [0.717, 1.165) is 24.9 Å². The fourth-order valence-electron chi connectivity index (χ4n) is 2.94. The first-order valence-electron chi connectivity index (χ1n) is 8.95. The zero-order valence-electron chi connectivity index (χ0n) is 16.1. The minimum atomic E-state index is -0.577. The second-order valence-corrected chi connectivity index (χ2v) is 6.26. The monoisotopic (exact) mass is 387 g/mol. The number of nitrogens with zero attached hydrogens (tertiary/aromatic N) is 1. The Bertz CT molecular complexity index is 839. The van der Waals surface area contributed by atoms with Crippen molar-refractivity contribution < 1.29 is 19.2 Å². The molecule has 0 aliphatic heterocycles. The number of hydrogen-bond acceptors (Lipinski definition) is 6. The summed E-state index contributed by atoms with van der Waals surface area (Å²) < 4.78 is 10.5. The van der Waals surface area contributed by atoms with Crippen molar-refractivity contribution in [1.29, 1.82) is 0 Å². The van der Waals surface area contributed by atoms with Crippen LogP contribution in [0, 0.1) is 10.1 Å². The summed E-state index contributed by atoms with van der Waals surface area (Å²) in [7, 11) is 3.21. The second kappa shape index (κ2) is 10.3. The number of nitro groups is 1. The van der Waals surface area contributed by atoms with E-state index in [1.54, 1.807) is 14.2 Å². The van der Waals surface area contributed by atoms with Gasteiger partial charge in [0.15, 0.2) is 11.5 Å². The number of hydrogen-bond donors (Lipinski definition) is 2. The van der Waals surface area contributed by atoms with Crippen molar-refractivity contribution in [2.24, 2.45) is 5.73 Å². The molecule has 150 valence electrons. The Hall–Kier alpha value is -3.13. The number of aryl methyl sites for hydroxylation is 1. The maximum absolute atomic E-state index is 11.5. The first-order valence-corrected chi connectivity index (χ1v) is 8.95. The molecule has 1 amide bonds. The van der Waals surface area contributed by atoms with Gasteiger partial charge in [0.2, 0.25) is 5.91 Å². The third kappa shape index (κ3) is 5.68. The van der Waals surface area contributed by atoms with Gasteiger partial charge in [-0.05, 0) is 61.7 Å². The summed E-state index contributed by atoms with van der Waals surface area (Å²) in [6, 6.07) is 9.95. The minimum absolute atomic E-state index is 0.0404. The van der Waals surface area contributed by atoms with Gasteiger partial charge in [-0.1, -0.05) is 6.07 Å². The molecule has 0 radical (unpaired) electrons. The molecule has 2 aromatic rings. The standard InChI is InChI=1S/C20H25N3O5/c1-27-18-8-5-14(12-19(18)28-2)9-11-22-10-3-4-15-13-16(23(25)26)6-7-17(15)20(21)24/h5-8,12-13,22H,3-4,9-11H2,1-2H3,(H2,21,24). The Kier molecular flexibility index (Phi) is 7.76. The molecule has 3 N–H and O–H groups in total. The van der Waals surface area contributed by atoms with Crippen LogP contribution in [-0.4, -0.2) is 38.1 Å². The van der Waals surface area contributed by atoms with E-state index in [2.05, 4.69) is 5.32 Å². The molecular formula is C20H25N3O5. The largest absolute Gasteiger partial charge is 0.493 e. The topological polar surface area (TPSA) is 117 Å². The predicted octanol–water partition coefficient (Wildman–Crippen LogP) is 2.48. The van der Waals surface area contributed by atoms with Gasteiger partial charge < -0.3 is 20.5 Å². The molecule has 28 heavy (non-hydrogen) atoms. The number of nitrogens with one attached hydrogen (secondary N) is 1. The molecule has 0 unspecified atom stereocenters. The van der Waals surface area contributed by atoms with Crippen molar-refractivity contribution in [3.05, 3.63) is 63.2 Å². The third-order valence-electron chi connectivity index (χ3n) is 4.40. The van der Waals surface area contributed by atoms with Crippen LogP contribution in [0.15, 0.2) is 36.4 Å². The number of primary amides is 1. The van der Waals surface area contributed by atoms with E-state index >= 15 is 0 Å². The molecule has 0 heterocycles. The average molecular weight is 387 g/mol. The second-order valence-electron chi connectivity index (χ2n) is 6.26. The van der Waals surface area contributed by atoms with Gasteiger partial charge in [-0.25, -0.2) is 0 Å². The Labute approximate surface area is 163 Å². The van der Waals surface area contributed by atoms with Crippen molar-refractivity contribution in [3.63, 3.8) is 0 Å². The van der Waals surface area contributed by atoms with Crippen molar-refractivity contribution in [1.82, 2.24) is 5.32 Å². The fraction of sp³-hybridized carbons (Fsp3) is 0.350. The molecule has 2 aromatic carbocycles. The van der Waals surface area contributed by atoms with Gasteiger partial charge in [-0.3, -0.25) is 14.9 Å². The van der Waals surface area contributed by atoms with Crippen LogP contribution in [0.1, 0.15) is 27.9 Å². The SMILES string of the molecule is COc1ccc(CCNCCCc2cc([N+](=O)[O-])ccc2C(N)=O)cc1OC. The highest BCUT2D eigenvalue weighted by molar-refractivity contribution is 5.94. The molecule has 2 rings (SSSR count). The molecule has 0 aliphatic rings. The van der Waals surface area contributed by atoms with Crippen molar-refractivity contribution in [2.45, 2.75) is 19.3 Å². The van der Waals surface area contributed by atoms with Crippen molar-refractivity contribution in [2.75, 3.05) is 27.3 Å². The zero-order chi connectivity index (χ0) is 20.5. The molecule has 0 aliphatic carbocycles. The lowest BCUT2D eigenvalue weighted by Gasteiger charge is -2.10. The Morgan fingerprint density at radius 1 is 1.07 bits per heavy atom. The maximum Gasteiger partial charge on any atom is 0.269 e. The maximum atomic E-state index is 11.5. The number of rotatable bonds is 11.